The lowest BCUT2D eigenvalue weighted by Gasteiger charge is -2.55. The highest BCUT2D eigenvalue weighted by Gasteiger charge is 2.58. The lowest BCUT2D eigenvalue weighted by molar-refractivity contribution is -0.154. The van der Waals surface area contributed by atoms with E-state index in [0.29, 0.717) is 5.57 Å². The van der Waals surface area contributed by atoms with E-state index >= 15 is 0 Å². The molecule has 5 nitrogen and oxygen atoms in total. The van der Waals surface area contributed by atoms with E-state index in [9.17, 15) is 9.59 Å². The van der Waals surface area contributed by atoms with Gasteiger partial charge in [0.2, 0.25) is 0 Å². The zero-order valence-corrected chi connectivity index (χ0v) is 19.1. The smallest absolute Gasteiger partial charge is 0.336 e. The molecule has 7 heteroatoms. The van der Waals surface area contributed by atoms with Crippen LogP contribution < -0.4 is 0 Å². The Morgan fingerprint density at radius 3 is 2.47 bits per heavy atom. The summed E-state index contributed by atoms with van der Waals surface area (Å²) in [5.41, 5.74) is 2.98. The molecule has 4 rings (SSSR count). The minimum atomic E-state index is -0.600. The maximum absolute atomic E-state index is 13.3. The monoisotopic (exact) mass is 447 g/mol. The van der Waals surface area contributed by atoms with Gasteiger partial charge in [-0.2, -0.15) is 0 Å². The Kier molecular flexibility index (Phi) is 6.29. The summed E-state index contributed by atoms with van der Waals surface area (Å²) < 4.78 is 10.5. The van der Waals surface area contributed by atoms with Crippen LogP contribution in [0.3, 0.4) is 0 Å². The van der Waals surface area contributed by atoms with Crippen LogP contribution in [-0.2, 0) is 31.0 Å². The normalized spacial score (nSPS) is 25.0. The molecule has 0 fully saturated rings. The highest BCUT2D eigenvalue weighted by molar-refractivity contribution is 7.10. The zero-order valence-electron chi connectivity index (χ0n) is 17.5. The predicted octanol–water partition coefficient (Wildman–Crippen LogP) is 4.28. The fraction of sp³-hybridized carbons (Fsp3) is 0.391. The molecule has 0 N–H and O–H groups in total. The second kappa shape index (κ2) is 8.44. The zero-order chi connectivity index (χ0) is 20.8. The Hall–Kier alpha value is -2.31. The third-order valence-corrected chi connectivity index (χ3v) is 7.62. The van der Waals surface area contributed by atoms with Crippen molar-refractivity contribution in [2.75, 3.05) is 20.8 Å². The highest BCUT2D eigenvalue weighted by Crippen LogP contribution is 2.56. The van der Waals surface area contributed by atoms with E-state index in [1.165, 1.54) is 24.7 Å². The van der Waals surface area contributed by atoms with E-state index in [2.05, 4.69) is 23.3 Å². The molecule has 0 saturated carbocycles. The van der Waals surface area contributed by atoms with E-state index in [4.69, 9.17) is 9.47 Å². The summed E-state index contributed by atoms with van der Waals surface area (Å²) in [6.45, 7) is 4.81. The SMILES string of the molecule is COC(=O)C1=C(C)N2CCc3ccsc3C2(C)C(C(=O)OC)C1c1ccccc1.Cl. The number of benzene rings is 1. The summed E-state index contributed by atoms with van der Waals surface area (Å²) >= 11 is 1.67. The first-order chi connectivity index (χ1) is 13.9. The molecular formula is C23H26ClNO4S. The number of ether oxygens (including phenoxy) is 2. The first-order valence-electron chi connectivity index (χ1n) is 9.71. The van der Waals surface area contributed by atoms with Crippen LogP contribution in [0.2, 0.25) is 0 Å². The molecule has 0 aliphatic carbocycles. The van der Waals surface area contributed by atoms with Gasteiger partial charge in [-0.3, -0.25) is 4.79 Å². The molecule has 0 bridgehead atoms. The third-order valence-electron chi connectivity index (χ3n) is 6.44. The molecule has 1 aromatic heterocycles. The van der Waals surface area contributed by atoms with Crippen LogP contribution in [0.25, 0.3) is 0 Å². The largest absolute Gasteiger partial charge is 0.469 e. The molecule has 3 heterocycles. The van der Waals surface area contributed by atoms with E-state index in [-0.39, 0.29) is 18.4 Å². The van der Waals surface area contributed by atoms with Crippen molar-refractivity contribution in [2.24, 2.45) is 5.92 Å². The summed E-state index contributed by atoms with van der Waals surface area (Å²) in [5.74, 6) is -1.75. The van der Waals surface area contributed by atoms with Gasteiger partial charge in [-0.1, -0.05) is 30.3 Å². The number of hydrogen-bond acceptors (Lipinski definition) is 6. The molecule has 0 spiro atoms. The lowest BCUT2D eigenvalue weighted by atomic mass is 9.64. The van der Waals surface area contributed by atoms with Crippen LogP contribution in [0.15, 0.2) is 53.0 Å². The maximum atomic E-state index is 13.3. The maximum Gasteiger partial charge on any atom is 0.336 e. The molecule has 0 saturated heterocycles. The van der Waals surface area contributed by atoms with Gasteiger partial charge in [0, 0.05) is 23.0 Å². The van der Waals surface area contributed by atoms with Crippen molar-refractivity contribution >= 4 is 35.7 Å². The number of carbonyl (C=O) groups excluding carboxylic acids is 2. The van der Waals surface area contributed by atoms with Gasteiger partial charge >= 0.3 is 11.9 Å². The van der Waals surface area contributed by atoms with Crippen LogP contribution in [0.1, 0.15) is 35.8 Å². The van der Waals surface area contributed by atoms with E-state index in [1.54, 1.807) is 11.3 Å². The van der Waals surface area contributed by atoms with E-state index in [0.717, 1.165) is 24.2 Å². The Labute approximate surface area is 187 Å². The fourth-order valence-electron chi connectivity index (χ4n) is 5.15. The van der Waals surface area contributed by atoms with Crippen molar-refractivity contribution in [1.29, 1.82) is 0 Å². The quantitative estimate of drug-likeness (QED) is 0.657. The molecule has 0 radical (unpaired) electrons. The summed E-state index contributed by atoms with van der Waals surface area (Å²) in [4.78, 5) is 29.6. The van der Waals surface area contributed by atoms with Crippen molar-refractivity contribution in [1.82, 2.24) is 4.90 Å². The second-order valence-corrected chi connectivity index (χ2v) is 8.62. The first-order valence-corrected chi connectivity index (χ1v) is 10.6. The number of rotatable bonds is 3. The molecule has 2 aliphatic rings. The number of carbonyl (C=O) groups is 2. The molecular weight excluding hydrogens is 422 g/mol. The topological polar surface area (TPSA) is 55.8 Å². The van der Waals surface area contributed by atoms with Gasteiger partial charge in [0.25, 0.3) is 0 Å². The van der Waals surface area contributed by atoms with Gasteiger partial charge in [-0.05, 0) is 42.8 Å². The Balaban J connectivity index is 0.00000256. The Bertz CT molecular complexity index is 986. The van der Waals surface area contributed by atoms with E-state index in [1.807, 2.05) is 37.3 Å². The minimum Gasteiger partial charge on any atom is -0.469 e. The molecule has 30 heavy (non-hydrogen) atoms. The van der Waals surface area contributed by atoms with Crippen LogP contribution in [-0.4, -0.2) is 37.6 Å². The molecule has 0 amide bonds. The molecule has 160 valence electrons. The van der Waals surface area contributed by atoms with Crippen molar-refractivity contribution in [2.45, 2.75) is 31.7 Å². The van der Waals surface area contributed by atoms with Crippen LogP contribution in [0, 0.1) is 5.92 Å². The minimum absolute atomic E-state index is 0. The first kappa shape index (κ1) is 22.4. The third kappa shape index (κ3) is 3.13. The van der Waals surface area contributed by atoms with Crippen LogP contribution in [0.4, 0.5) is 0 Å². The average Bonchev–Trinajstić information content (AvgIpc) is 3.23. The van der Waals surface area contributed by atoms with Gasteiger partial charge in [-0.25, -0.2) is 4.79 Å². The van der Waals surface area contributed by atoms with Gasteiger partial charge in [-0.15, -0.1) is 23.7 Å². The molecule has 3 unspecified atom stereocenters. The highest BCUT2D eigenvalue weighted by atomic mass is 35.5. The van der Waals surface area contributed by atoms with Gasteiger partial charge in [0.1, 0.15) is 0 Å². The predicted molar refractivity (Wildman–Crippen MR) is 119 cm³/mol. The molecule has 1 aromatic carbocycles. The fourth-order valence-corrected chi connectivity index (χ4v) is 6.31. The summed E-state index contributed by atoms with van der Waals surface area (Å²) in [6, 6.07) is 11.9. The summed E-state index contributed by atoms with van der Waals surface area (Å²) in [7, 11) is 2.80. The number of thiophene rings is 1. The van der Waals surface area contributed by atoms with Crippen LogP contribution >= 0.6 is 23.7 Å². The number of nitrogens with zero attached hydrogens (tertiary/aromatic N) is 1. The number of fused-ring (bicyclic) bond motifs is 3. The summed E-state index contributed by atoms with van der Waals surface area (Å²) in [6.07, 6.45) is 0.879. The molecule has 2 aromatic rings. The summed E-state index contributed by atoms with van der Waals surface area (Å²) in [5, 5.41) is 2.08. The average molecular weight is 448 g/mol. The lowest BCUT2D eigenvalue weighted by Crippen LogP contribution is -2.59. The number of hydrogen-bond donors (Lipinski definition) is 0. The van der Waals surface area contributed by atoms with Crippen molar-refractivity contribution in [3.05, 3.63) is 69.1 Å². The van der Waals surface area contributed by atoms with Gasteiger partial charge in [0.05, 0.1) is 31.2 Å². The Morgan fingerprint density at radius 1 is 1.13 bits per heavy atom. The van der Waals surface area contributed by atoms with E-state index < -0.39 is 23.3 Å². The standard InChI is InChI=1S/C23H25NO4S.ClH/c1-14-17(21(25)27-3)18(15-8-6-5-7-9-15)19(22(26)28-4)23(2)20-16(11-13-29-20)10-12-24(14)23;/h5-9,11,13,18-19H,10,12H2,1-4H3;1H. The number of halogens is 1. The molecule has 2 aliphatic heterocycles. The number of methoxy groups -OCH3 is 2. The van der Waals surface area contributed by atoms with Crippen molar-refractivity contribution in [3.8, 4) is 0 Å². The van der Waals surface area contributed by atoms with Gasteiger partial charge in [0.15, 0.2) is 0 Å². The molecule has 3 atom stereocenters. The van der Waals surface area contributed by atoms with Gasteiger partial charge < -0.3 is 14.4 Å². The Morgan fingerprint density at radius 2 is 1.83 bits per heavy atom. The van der Waals surface area contributed by atoms with Crippen LogP contribution in [0.5, 0.6) is 0 Å². The van der Waals surface area contributed by atoms with Crippen molar-refractivity contribution < 1.29 is 19.1 Å². The second-order valence-electron chi connectivity index (χ2n) is 7.70. The number of esters is 2. The van der Waals surface area contributed by atoms with Crippen molar-refractivity contribution in [3.63, 3.8) is 0 Å². The number of allylic oxidation sites excluding steroid dienone is 1.